The Hall–Kier alpha value is -3.46. The SMILES string of the molecule is Cc1c(-c2nn3c(=O)c(-c4ccccc4)nnc3s2)cccc1[N+](=O)[O-]. The van der Waals surface area contributed by atoms with Crippen LogP contribution in [0.4, 0.5) is 5.69 Å². The lowest BCUT2D eigenvalue weighted by Gasteiger charge is -2.01. The molecule has 2 heterocycles. The maximum Gasteiger partial charge on any atom is 0.302 e. The molecule has 0 N–H and O–H groups in total. The van der Waals surface area contributed by atoms with Crippen LogP contribution in [0.2, 0.25) is 0 Å². The molecule has 0 spiro atoms. The monoisotopic (exact) mass is 365 g/mol. The number of nitro groups is 1. The summed E-state index contributed by atoms with van der Waals surface area (Å²) in [6, 6.07) is 13.8. The standard InChI is InChI=1S/C17H11N5O3S/c1-10-12(8-5-9-13(10)22(24)25)15-20-21-16(23)14(18-19-17(21)26-15)11-6-3-2-4-7-11/h2-9H,1H3. The molecule has 2 aromatic heterocycles. The Kier molecular flexibility index (Phi) is 3.77. The van der Waals surface area contributed by atoms with E-state index in [0.717, 1.165) is 11.3 Å². The zero-order valence-corrected chi connectivity index (χ0v) is 14.3. The normalized spacial score (nSPS) is 11.0. The van der Waals surface area contributed by atoms with Gasteiger partial charge in [-0.3, -0.25) is 14.9 Å². The molecule has 2 aromatic carbocycles. The van der Waals surface area contributed by atoms with Crippen molar-refractivity contribution in [2.24, 2.45) is 0 Å². The summed E-state index contributed by atoms with van der Waals surface area (Å²) in [5.41, 5.74) is 1.56. The Labute approximate surface area is 150 Å². The molecular weight excluding hydrogens is 354 g/mol. The fraction of sp³-hybridized carbons (Fsp3) is 0.0588. The van der Waals surface area contributed by atoms with E-state index in [1.807, 2.05) is 18.2 Å². The number of nitro benzene ring substituents is 1. The zero-order chi connectivity index (χ0) is 18.3. The van der Waals surface area contributed by atoms with Crippen molar-refractivity contribution < 1.29 is 4.92 Å². The first-order valence-electron chi connectivity index (χ1n) is 7.62. The summed E-state index contributed by atoms with van der Waals surface area (Å²) in [4.78, 5) is 23.8. The van der Waals surface area contributed by atoms with Gasteiger partial charge in [-0.25, -0.2) is 0 Å². The van der Waals surface area contributed by atoms with Gasteiger partial charge in [0, 0.05) is 22.8 Å². The lowest BCUT2D eigenvalue weighted by atomic mass is 10.1. The van der Waals surface area contributed by atoms with Gasteiger partial charge >= 0.3 is 5.56 Å². The lowest BCUT2D eigenvalue weighted by molar-refractivity contribution is -0.385. The van der Waals surface area contributed by atoms with Gasteiger partial charge in [0.05, 0.1) is 4.92 Å². The molecule has 0 bridgehead atoms. The molecule has 9 heteroatoms. The lowest BCUT2D eigenvalue weighted by Crippen LogP contribution is -2.19. The van der Waals surface area contributed by atoms with E-state index in [0.29, 0.717) is 26.7 Å². The molecule has 128 valence electrons. The van der Waals surface area contributed by atoms with Crippen LogP contribution in [0.15, 0.2) is 53.3 Å². The smallest absolute Gasteiger partial charge is 0.265 e. The van der Waals surface area contributed by atoms with E-state index in [1.165, 1.54) is 10.6 Å². The van der Waals surface area contributed by atoms with Crippen molar-refractivity contribution in [3.63, 3.8) is 0 Å². The van der Waals surface area contributed by atoms with Crippen LogP contribution >= 0.6 is 11.3 Å². The summed E-state index contributed by atoms with van der Waals surface area (Å²) in [5.74, 6) is 0. The van der Waals surface area contributed by atoms with Gasteiger partial charge in [0.25, 0.3) is 5.69 Å². The molecule has 0 atom stereocenters. The maximum absolute atomic E-state index is 12.7. The fourth-order valence-corrected chi connectivity index (χ4v) is 3.57. The Morgan fingerprint density at radius 2 is 1.85 bits per heavy atom. The van der Waals surface area contributed by atoms with Crippen LogP contribution < -0.4 is 5.56 Å². The van der Waals surface area contributed by atoms with Crippen LogP contribution in [0.25, 0.3) is 26.8 Å². The highest BCUT2D eigenvalue weighted by atomic mass is 32.1. The van der Waals surface area contributed by atoms with E-state index in [4.69, 9.17) is 0 Å². The number of aromatic nitrogens is 4. The van der Waals surface area contributed by atoms with E-state index in [2.05, 4.69) is 15.3 Å². The molecule has 0 unspecified atom stereocenters. The molecule has 0 radical (unpaired) electrons. The molecule has 8 nitrogen and oxygen atoms in total. The van der Waals surface area contributed by atoms with Crippen molar-refractivity contribution in [3.8, 4) is 21.8 Å². The molecule has 0 saturated carbocycles. The van der Waals surface area contributed by atoms with Crippen molar-refractivity contribution in [1.82, 2.24) is 19.8 Å². The first-order chi connectivity index (χ1) is 12.6. The van der Waals surface area contributed by atoms with Crippen LogP contribution in [0, 0.1) is 17.0 Å². The summed E-state index contributed by atoms with van der Waals surface area (Å²) in [6.45, 7) is 1.66. The van der Waals surface area contributed by atoms with Crippen LogP contribution in [0.1, 0.15) is 5.56 Å². The van der Waals surface area contributed by atoms with Gasteiger partial charge in [-0.15, -0.1) is 10.2 Å². The van der Waals surface area contributed by atoms with Gasteiger partial charge in [0.1, 0.15) is 5.01 Å². The van der Waals surface area contributed by atoms with Gasteiger partial charge in [0.2, 0.25) is 4.96 Å². The highest BCUT2D eigenvalue weighted by Gasteiger charge is 2.19. The van der Waals surface area contributed by atoms with E-state index in [9.17, 15) is 14.9 Å². The second-order valence-corrected chi connectivity index (χ2v) is 6.48. The third kappa shape index (κ3) is 2.54. The van der Waals surface area contributed by atoms with E-state index in [-0.39, 0.29) is 16.9 Å². The van der Waals surface area contributed by atoms with Crippen LogP contribution in [0.3, 0.4) is 0 Å². The Balaban J connectivity index is 1.90. The van der Waals surface area contributed by atoms with Crippen LogP contribution in [-0.4, -0.2) is 24.7 Å². The van der Waals surface area contributed by atoms with Crippen molar-refractivity contribution in [2.45, 2.75) is 6.92 Å². The number of rotatable bonds is 3. The number of fused-ring (bicyclic) bond motifs is 1. The third-order valence-corrected chi connectivity index (χ3v) is 4.90. The van der Waals surface area contributed by atoms with Crippen molar-refractivity contribution in [3.05, 3.63) is 74.6 Å². The first-order valence-corrected chi connectivity index (χ1v) is 8.44. The van der Waals surface area contributed by atoms with E-state index < -0.39 is 4.92 Å². The summed E-state index contributed by atoms with van der Waals surface area (Å²) in [5, 5.41) is 24.1. The molecular formula is C17H11N5O3S. The molecule has 0 aliphatic rings. The molecule has 26 heavy (non-hydrogen) atoms. The quantitative estimate of drug-likeness (QED) is 0.408. The number of hydrogen-bond donors (Lipinski definition) is 0. The average Bonchev–Trinajstić information content (AvgIpc) is 3.07. The van der Waals surface area contributed by atoms with Crippen molar-refractivity contribution in [2.75, 3.05) is 0 Å². The number of benzene rings is 2. The van der Waals surface area contributed by atoms with Gasteiger partial charge in [0.15, 0.2) is 5.69 Å². The summed E-state index contributed by atoms with van der Waals surface area (Å²) in [7, 11) is 0. The van der Waals surface area contributed by atoms with Gasteiger partial charge < -0.3 is 0 Å². The van der Waals surface area contributed by atoms with Crippen molar-refractivity contribution >= 4 is 22.0 Å². The Bertz CT molecular complexity index is 1200. The van der Waals surface area contributed by atoms with Gasteiger partial charge in [-0.2, -0.15) is 9.61 Å². The number of nitrogens with zero attached hydrogens (tertiary/aromatic N) is 5. The van der Waals surface area contributed by atoms with E-state index in [1.54, 1.807) is 31.2 Å². The molecule has 0 amide bonds. The largest absolute Gasteiger partial charge is 0.302 e. The third-order valence-electron chi connectivity index (χ3n) is 3.97. The molecule has 0 aliphatic carbocycles. The van der Waals surface area contributed by atoms with Gasteiger partial charge in [-0.05, 0) is 6.92 Å². The average molecular weight is 365 g/mol. The molecule has 4 aromatic rings. The predicted octanol–water partition coefficient (Wildman–Crippen LogP) is 3.10. The van der Waals surface area contributed by atoms with Gasteiger partial charge in [-0.1, -0.05) is 53.8 Å². The van der Waals surface area contributed by atoms with Crippen LogP contribution in [0.5, 0.6) is 0 Å². The van der Waals surface area contributed by atoms with Crippen molar-refractivity contribution in [1.29, 1.82) is 0 Å². The minimum Gasteiger partial charge on any atom is -0.265 e. The minimum atomic E-state index is -0.439. The fourth-order valence-electron chi connectivity index (χ4n) is 2.65. The Morgan fingerprint density at radius 3 is 2.58 bits per heavy atom. The summed E-state index contributed by atoms with van der Waals surface area (Å²) < 4.78 is 1.19. The summed E-state index contributed by atoms with van der Waals surface area (Å²) >= 11 is 1.16. The summed E-state index contributed by atoms with van der Waals surface area (Å²) in [6.07, 6.45) is 0. The second kappa shape index (κ2) is 6.12. The van der Waals surface area contributed by atoms with E-state index >= 15 is 0 Å². The topological polar surface area (TPSA) is 103 Å². The number of hydrogen-bond acceptors (Lipinski definition) is 7. The zero-order valence-electron chi connectivity index (χ0n) is 13.5. The molecule has 0 fully saturated rings. The Morgan fingerprint density at radius 1 is 1.08 bits per heavy atom. The molecule has 0 aliphatic heterocycles. The first kappa shape index (κ1) is 16.0. The maximum atomic E-state index is 12.7. The predicted molar refractivity (Wildman–Crippen MR) is 97.2 cm³/mol. The minimum absolute atomic E-state index is 0.00478. The second-order valence-electron chi connectivity index (χ2n) is 5.53. The molecule has 0 saturated heterocycles. The highest BCUT2D eigenvalue weighted by molar-refractivity contribution is 7.19. The molecule has 4 rings (SSSR count). The van der Waals surface area contributed by atoms with Crippen LogP contribution in [-0.2, 0) is 0 Å². The highest BCUT2D eigenvalue weighted by Crippen LogP contribution is 2.32.